The number of anilines is 2. The lowest BCUT2D eigenvalue weighted by Crippen LogP contribution is -2.49. The van der Waals surface area contributed by atoms with Crippen LogP contribution in [-0.4, -0.2) is 51.9 Å². The van der Waals surface area contributed by atoms with E-state index in [1.165, 1.54) is 12.4 Å². The van der Waals surface area contributed by atoms with Gasteiger partial charge in [0.15, 0.2) is 11.5 Å². The first-order valence-electron chi connectivity index (χ1n) is 6.76. The zero-order chi connectivity index (χ0) is 14.7. The Labute approximate surface area is 122 Å². The molecule has 0 saturated carbocycles. The van der Waals surface area contributed by atoms with E-state index in [0.29, 0.717) is 13.1 Å². The highest BCUT2D eigenvalue weighted by atomic mass is 16.2. The molecule has 0 radical (unpaired) electrons. The number of pyridine rings is 1. The standard InChI is InChI=1S/C14H16N6O/c15-13-12(17-5-6-18-13)14(21)20-9-7-19(8-10-20)11-1-3-16-4-2-11/h1-6H,7-10H2,(H2,15,18). The van der Waals surface area contributed by atoms with Crippen LogP contribution in [0.4, 0.5) is 11.5 Å². The van der Waals surface area contributed by atoms with Gasteiger partial charge >= 0.3 is 0 Å². The summed E-state index contributed by atoms with van der Waals surface area (Å²) in [4.78, 5) is 28.3. The van der Waals surface area contributed by atoms with Gasteiger partial charge in [0.1, 0.15) is 0 Å². The van der Waals surface area contributed by atoms with E-state index in [0.717, 1.165) is 18.8 Å². The Morgan fingerprint density at radius 3 is 2.33 bits per heavy atom. The summed E-state index contributed by atoms with van der Waals surface area (Å²) in [5, 5.41) is 0. The second-order valence-electron chi connectivity index (χ2n) is 4.77. The van der Waals surface area contributed by atoms with Crippen molar-refractivity contribution in [2.24, 2.45) is 0 Å². The van der Waals surface area contributed by atoms with Gasteiger partial charge < -0.3 is 15.5 Å². The third kappa shape index (κ3) is 2.76. The maximum Gasteiger partial charge on any atom is 0.276 e. The summed E-state index contributed by atoms with van der Waals surface area (Å²) < 4.78 is 0. The third-order valence-corrected chi connectivity index (χ3v) is 3.52. The normalized spacial score (nSPS) is 15.0. The fourth-order valence-electron chi connectivity index (χ4n) is 2.39. The average Bonchev–Trinajstić information content (AvgIpc) is 2.56. The lowest BCUT2D eigenvalue weighted by molar-refractivity contribution is 0.0741. The minimum absolute atomic E-state index is 0.157. The number of aromatic nitrogens is 3. The average molecular weight is 284 g/mol. The van der Waals surface area contributed by atoms with Crippen LogP contribution in [0.5, 0.6) is 0 Å². The van der Waals surface area contributed by atoms with Crippen LogP contribution in [0.3, 0.4) is 0 Å². The molecule has 1 aliphatic heterocycles. The van der Waals surface area contributed by atoms with Gasteiger partial charge in [-0.05, 0) is 12.1 Å². The molecule has 0 aliphatic carbocycles. The van der Waals surface area contributed by atoms with Crippen LogP contribution in [0, 0.1) is 0 Å². The Bertz CT molecular complexity index is 624. The molecule has 0 spiro atoms. The maximum absolute atomic E-state index is 12.4. The zero-order valence-electron chi connectivity index (χ0n) is 11.5. The van der Waals surface area contributed by atoms with E-state index in [9.17, 15) is 4.79 Å². The number of amides is 1. The summed E-state index contributed by atoms with van der Waals surface area (Å²) in [5.41, 5.74) is 7.06. The Morgan fingerprint density at radius 1 is 1.00 bits per heavy atom. The maximum atomic E-state index is 12.4. The van der Waals surface area contributed by atoms with Crippen molar-refractivity contribution in [2.45, 2.75) is 0 Å². The number of nitrogens with zero attached hydrogens (tertiary/aromatic N) is 5. The van der Waals surface area contributed by atoms with Gasteiger partial charge in [-0.1, -0.05) is 0 Å². The van der Waals surface area contributed by atoms with Crippen molar-refractivity contribution in [3.63, 3.8) is 0 Å². The summed E-state index contributed by atoms with van der Waals surface area (Å²) in [6.45, 7) is 2.82. The van der Waals surface area contributed by atoms with Crippen LogP contribution in [-0.2, 0) is 0 Å². The monoisotopic (exact) mass is 284 g/mol. The first-order valence-corrected chi connectivity index (χ1v) is 6.76. The van der Waals surface area contributed by atoms with E-state index >= 15 is 0 Å². The van der Waals surface area contributed by atoms with Crippen molar-refractivity contribution in [2.75, 3.05) is 36.8 Å². The topological polar surface area (TPSA) is 88.2 Å². The smallest absolute Gasteiger partial charge is 0.276 e. The molecule has 1 fully saturated rings. The van der Waals surface area contributed by atoms with E-state index in [2.05, 4.69) is 19.9 Å². The molecular formula is C14H16N6O. The quantitative estimate of drug-likeness (QED) is 0.859. The van der Waals surface area contributed by atoms with Crippen LogP contribution in [0.1, 0.15) is 10.5 Å². The molecule has 2 aromatic rings. The van der Waals surface area contributed by atoms with E-state index in [4.69, 9.17) is 5.73 Å². The van der Waals surface area contributed by atoms with Crippen molar-refractivity contribution in [3.05, 3.63) is 42.6 Å². The van der Waals surface area contributed by atoms with Gasteiger partial charge in [0.25, 0.3) is 5.91 Å². The van der Waals surface area contributed by atoms with Gasteiger partial charge in [-0.15, -0.1) is 0 Å². The highest BCUT2D eigenvalue weighted by Gasteiger charge is 2.24. The molecule has 2 N–H and O–H groups in total. The number of rotatable bonds is 2. The summed E-state index contributed by atoms with van der Waals surface area (Å²) in [7, 11) is 0. The predicted molar refractivity (Wildman–Crippen MR) is 78.8 cm³/mol. The largest absolute Gasteiger partial charge is 0.382 e. The summed E-state index contributed by atoms with van der Waals surface area (Å²) in [6.07, 6.45) is 6.50. The molecule has 0 aromatic carbocycles. The number of carbonyl (C=O) groups excluding carboxylic acids is 1. The second kappa shape index (κ2) is 5.74. The van der Waals surface area contributed by atoms with Crippen molar-refractivity contribution in [3.8, 4) is 0 Å². The molecule has 108 valence electrons. The molecule has 0 bridgehead atoms. The van der Waals surface area contributed by atoms with Gasteiger partial charge in [-0.3, -0.25) is 9.78 Å². The fraction of sp³-hybridized carbons (Fsp3) is 0.286. The minimum Gasteiger partial charge on any atom is -0.382 e. The lowest BCUT2D eigenvalue weighted by Gasteiger charge is -2.35. The third-order valence-electron chi connectivity index (χ3n) is 3.52. The van der Waals surface area contributed by atoms with Gasteiger partial charge in [-0.2, -0.15) is 0 Å². The van der Waals surface area contributed by atoms with Crippen molar-refractivity contribution in [1.29, 1.82) is 0 Å². The van der Waals surface area contributed by atoms with Crippen LogP contribution in [0.2, 0.25) is 0 Å². The zero-order valence-corrected chi connectivity index (χ0v) is 11.5. The summed E-state index contributed by atoms with van der Waals surface area (Å²) in [6, 6.07) is 3.94. The SMILES string of the molecule is Nc1nccnc1C(=O)N1CCN(c2ccncc2)CC1. The lowest BCUT2D eigenvalue weighted by atomic mass is 10.2. The molecule has 1 amide bonds. The molecule has 2 aromatic heterocycles. The Hall–Kier alpha value is -2.70. The van der Waals surface area contributed by atoms with Crippen LogP contribution in [0.15, 0.2) is 36.9 Å². The first kappa shape index (κ1) is 13.3. The van der Waals surface area contributed by atoms with Gasteiger partial charge in [0.05, 0.1) is 0 Å². The van der Waals surface area contributed by atoms with E-state index < -0.39 is 0 Å². The van der Waals surface area contributed by atoms with Gasteiger partial charge in [-0.25, -0.2) is 9.97 Å². The molecule has 0 atom stereocenters. The molecule has 1 aliphatic rings. The van der Waals surface area contributed by atoms with Crippen molar-refractivity contribution < 1.29 is 4.79 Å². The molecule has 21 heavy (non-hydrogen) atoms. The van der Waals surface area contributed by atoms with Gasteiger partial charge in [0, 0.05) is 56.7 Å². The Balaban J connectivity index is 1.66. The number of carbonyl (C=O) groups is 1. The number of hydrogen-bond donors (Lipinski definition) is 1. The second-order valence-corrected chi connectivity index (χ2v) is 4.77. The molecule has 3 heterocycles. The summed E-state index contributed by atoms with van der Waals surface area (Å²) >= 11 is 0. The molecular weight excluding hydrogens is 268 g/mol. The molecule has 7 nitrogen and oxygen atoms in total. The van der Waals surface area contributed by atoms with Crippen molar-refractivity contribution in [1.82, 2.24) is 19.9 Å². The minimum atomic E-state index is -0.157. The predicted octanol–water partition coefficient (Wildman–Crippen LogP) is 0.416. The molecule has 1 saturated heterocycles. The summed E-state index contributed by atoms with van der Waals surface area (Å²) in [5.74, 6) is 0.0223. The van der Waals surface area contributed by atoms with Crippen LogP contribution in [0.25, 0.3) is 0 Å². The number of nitrogen functional groups attached to an aromatic ring is 1. The molecule has 7 heteroatoms. The fourth-order valence-corrected chi connectivity index (χ4v) is 2.39. The van der Waals surface area contributed by atoms with Crippen LogP contribution < -0.4 is 10.6 Å². The Morgan fingerprint density at radius 2 is 1.67 bits per heavy atom. The van der Waals surface area contributed by atoms with Crippen LogP contribution >= 0.6 is 0 Å². The number of nitrogens with two attached hydrogens (primary N) is 1. The Kier molecular flexibility index (Phi) is 3.63. The van der Waals surface area contributed by atoms with Gasteiger partial charge in [0.2, 0.25) is 0 Å². The highest BCUT2D eigenvalue weighted by molar-refractivity contribution is 5.96. The highest BCUT2D eigenvalue weighted by Crippen LogP contribution is 2.16. The van der Waals surface area contributed by atoms with Crippen molar-refractivity contribution >= 4 is 17.4 Å². The number of hydrogen-bond acceptors (Lipinski definition) is 6. The van der Waals surface area contributed by atoms with E-state index in [1.54, 1.807) is 17.3 Å². The van der Waals surface area contributed by atoms with E-state index in [1.807, 2.05) is 12.1 Å². The van der Waals surface area contributed by atoms with E-state index in [-0.39, 0.29) is 17.4 Å². The molecule has 0 unspecified atom stereocenters. The first-order chi connectivity index (χ1) is 10.3. The molecule has 3 rings (SSSR count). The number of piperazine rings is 1.